The van der Waals surface area contributed by atoms with Crippen LogP contribution < -0.4 is 14.8 Å². The van der Waals surface area contributed by atoms with Crippen molar-refractivity contribution in [3.63, 3.8) is 0 Å². The van der Waals surface area contributed by atoms with Crippen molar-refractivity contribution in [2.45, 2.75) is 6.92 Å². The maximum atomic E-state index is 12.9. The molecular formula is C21H24Cl2N4O4. The Morgan fingerprint density at radius 2 is 1.77 bits per heavy atom. The quantitative estimate of drug-likeness (QED) is 0.703. The van der Waals surface area contributed by atoms with Gasteiger partial charge in [0.25, 0.3) is 11.8 Å². The summed E-state index contributed by atoms with van der Waals surface area (Å²) in [5.41, 5.74) is 1.14. The Morgan fingerprint density at radius 3 is 2.39 bits per heavy atom. The van der Waals surface area contributed by atoms with Gasteiger partial charge in [0.2, 0.25) is 0 Å². The summed E-state index contributed by atoms with van der Waals surface area (Å²) in [4.78, 5) is 33.2. The summed E-state index contributed by atoms with van der Waals surface area (Å²) in [5, 5.41) is 3.15. The van der Waals surface area contributed by atoms with E-state index in [4.69, 9.17) is 32.7 Å². The number of nitrogens with zero attached hydrogens (tertiary/aromatic N) is 3. The third-order valence-corrected chi connectivity index (χ3v) is 5.70. The number of rotatable bonds is 6. The van der Waals surface area contributed by atoms with Crippen LogP contribution in [0.3, 0.4) is 0 Å². The number of anilines is 1. The topological polar surface area (TPSA) is 84.0 Å². The minimum atomic E-state index is -0.426. The Morgan fingerprint density at radius 1 is 1.13 bits per heavy atom. The van der Waals surface area contributed by atoms with Crippen LogP contribution in [-0.2, 0) is 4.79 Å². The number of amides is 2. The number of ether oxygens (including phenoxy) is 2. The Kier molecular flexibility index (Phi) is 7.59. The standard InChI is InChI=1S/C21H24Cl2N4O4/c1-13-14(21(29)25-19-15(22)10-24-11-16(19)23)4-5-17(30-3)20(13)31-12-18(28)27-8-6-26(2)7-9-27/h4-5,10-11H,6-9,12H2,1-3H3,(H,24,25,29). The first-order valence-electron chi connectivity index (χ1n) is 9.69. The number of hydrogen-bond acceptors (Lipinski definition) is 6. The van der Waals surface area contributed by atoms with E-state index in [0.29, 0.717) is 35.7 Å². The molecule has 166 valence electrons. The molecule has 31 heavy (non-hydrogen) atoms. The van der Waals surface area contributed by atoms with E-state index in [1.807, 2.05) is 7.05 Å². The Hall–Kier alpha value is -2.55. The average Bonchev–Trinajstić information content (AvgIpc) is 2.75. The molecule has 0 radical (unpaired) electrons. The van der Waals surface area contributed by atoms with Gasteiger partial charge in [-0.05, 0) is 26.1 Å². The molecule has 10 heteroatoms. The summed E-state index contributed by atoms with van der Waals surface area (Å²) in [6.07, 6.45) is 2.78. The van der Waals surface area contributed by atoms with E-state index < -0.39 is 5.91 Å². The van der Waals surface area contributed by atoms with E-state index in [1.165, 1.54) is 19.5 Å². The van der Waals surface area contributed by atoms with Crippen molar-refractivity contribution in [2.24, 2.45) is 0 Å². The van der Waals surface area contributed by atoms with Crippen molar-refractivity contribution < 1.29 is 19.1 Å². The van der Waals surface area contributed by atoms with Gasteiger partial charge in [-0.2, -0.15) is 0 Å². The van der Waals surface area contributed by atoms with Gasteiger partial charge in [0.05, 0.1) is 22.8 Å². The number of hydrogen-bond donors (Lipinski definition) is 1. The molecule has 1 aliphatic rings. The zero-order chi connectivity index (χ0) is 22.5. The smallest absolute Gasteiger partial charge is 0.260 e. The molecular weight excluding hydrogens is 443 g/mol. The molecule has 1 aromatic heterocycles. The van der Waals surface area contributed by atoms with Crippen LogP contribution in [0.15, 0.2) is 24.5 Å². The van der Waals surface area contributed by atoms with Gasteiger partial charge in [-0.15, -0.1) is 0 Å². The van der Waals surface area contributed by atoms with Gasteiger partial charge in [0.15, 0.2) is 18.1 Å². The number of pyridine rings is 1. The summed E-state index contributed by atoms with van der Waals surface area (Å²) in [5.74, 6) is 0.231. The predicted octanol–water partition coefficient (Wildman–Crippen LogP) is 3.11. The number of benzene rings is 1. The molecule has 0 aliphatic carbocycles. The van der Waals surface area contributed by atoms with Crippen LogP contribution in [0.2, 0.25) is 10.0 Å². The molecule has 1 fully saturated rings. The summed E-state index contributed by atoms with van der Waals surface area (Å²) in [6.45, 7) is 4.54. The van der Waals surface area contributed by atoms with E-state index in [2.05, 4.69) is 15.2 Å². The number of carbonyl (C=O) groups excluding carboxylic acids is 2. The molecule has 2 heterocycles. The number of halogens is 2. The highest BCUT2D eigenvalue weighted by atomic mass is 35.5. The van der Waals surface area contributed by atoms with Gasteiger partial charge in [-0.3, -0.25) is 14.6 Å². The summed E-state index contributed by atoms with van der Waals surface area (Å²) in [6, 6.07) is 3.23. The Bertz CT molecular complexity index is 958. The minimum absolute atomic E-state index is 0.111. The van der Waals surface area contributed by atoms with Crippen LogP contribution >= 0.6 is 23.2 Å². The van der Waals surface area contributed by atoms with Crippen LogP contribution in [0.1, 0.15) is 15.9 Å². The molecule has 8 nitrogen and oxygen atoms in total. The van der Waals surface area contributed by atoms with Gasteiger partial charge in [-0.1, -0.05) is 23.2 Å². The van der Waals surface area contributed by atoms with Gasteiger partial charge < -0.3 is 24.6 Å². The molecule has 3 rings (SSSR count). The first-order chi connectivity index (χ1) is 14.8. The van der Waals surface area contributed by atoms with Crippen LogP contribution in [-0.4, -0.2) is 73.5 Å². The van der Waals surface area contributed by atoms with Gasteiger partial charge >= 0.3 is 0 Å². The minimum Gasteiger partial charge on any atom is -0.493 e. The number of likely N-dealkylation sites (N-methyl/N-ethyl adjacent to an activating group) is 1. The Labute approximate surface area is 191 Å². The van der Waals surface area contributed by atoms with E-state index in [1.54, 1.807) is 24.0 Å². The average molecular weight is 467 g/mol. The van der Waals surface area contributed by atoms with Crippen LogP contribution in [0.5, 0.6) is 11.5 Å². The molecule has 1 aromatic carbocycles. The van der Waals surface area contributed by atoms with Crippen molar-refractivity contribution in [1.29, 1.82) is 0 Å². The molecule has 0 spiro atoms. The van der Waals surface area contributed by atoms with Gasteiger partial charge in [0, 0.05) is 49.7 Å². The van der Waals surface area contributed by atoms with Crippen LogP contribution in [0.4, 0.5) is 5.69 Å². The first kappa shape index (κ1) is 23.1. The number of nitrogens with one attached hydrogen (secondary N) is 1. The maximum Gasteiger partial charge on any atom is 0.260 e. The van der Waals surface area contributed by atoms with E-state index in [9.17, 15) is 9.59 Å². The van der Waals surface area contributed by atoms with Crippen LogP contribution in [0.25, 0.3) is 0 Å². The maximum absolute atomic E-state index is 12.9. The fourth-order valence-corrected chi connectivity index (χ4v) is 3.70. The normalized spacial score (nSPS) is 14.3. The molecule has 0 atom stereocenters. The second-order valence-corrected chi connectivity index (χ2v) is 7.99. The van der Waals surface area contributed by atoms with E-state index >= 15 is 0 Å². The molecule has 1 N–H and O–H groups in total. The highest BCUT2D eigenvalue weighted by Gasteiger charge is 2.22. The second kappa shape index (κ2) is 10.2. The zero-order valence-electron chi connectivity index (χ0n) is 17.6. The summed E-state index contributed by atoms with van der Waals surface area (Å²) < 4.78 is 11.2. The number of carbonyl (C=O) groups is 2. The monoisotopic (exact) mass is 466 g/mol. The van der Waals surface area contributed by atoms with Crippen molar-refractivity contribution >= 4 is 40.7 Å². The molecule has 1 aliphatic heterocycles. The fourth-order valence-electron chi connectivity index (χ4n) is 3.25. The van der Waals surface area contributed by atoms with Crippen molar-refractivity contribution in [3.8, 4) is 11.5 Å². The van der Waals surface area contributed by atoms with E-state index in [0.717, 1.165) is 13.1 Å². The van der Waals surface area contributed by atoms with Gasteiger partial charge in [-0.25, -0.2) is 0 Å². The SMILES string of the molecule is COc1ccc(C(=O)Nc2c(Cl)cncc2Cl)c(C)c1OCC(=O)N1CCN(C)CC1. The third kappa shape index (κ3) is 5.39. The van der Waals surface area contributed by atoms with Crippen molar-refractivity contribution in [2.75, 3.05) is 52.3 Å². The second-order valence-electron chi connectivity index (χ2n) is 7.17. The summed E-state index contributed by atoms with van der Waals surface area (Å²) in [7, 11) is 3.52. The zero-order valence-corrected chi connectivity index (χ0v) is 19.1. The van der Waals surface area contributed by atoms with Gasteiger partial charge in [0.1, 0.15) is 0 Å². The van der Waals surface area contributed by atoms with Crippen LogP contribution in [0, 0.1) is 6.92 Å². The third-order valence-electron chi connectivity index (χ3n) is 5.12. The largest absolute Gasteiger partial charge is 0.493 e. The molecule has 0 saturated carbocycles. The molecule has 2 aromatic rings. The molecule has 1 saturated heterocycles. The molecule has 0 bridgehead atoms. The van der Waals surface area contributed by atoms with E-state index in [-0.39, 0.29) is 28.2 Å². The summed E-state index contributed by atoms with van der Waals surface area (Å²) >= 11 is 12.2. The lowest BCUT2D eigenvalue weighted by atomic mass is 10.1. The molecule has 0 unspecified atom stereocenters. The highest BCUT2D eigenvalue weighted by Crippen LogP contribution is 2.35. The first-order valence-corrected chi connectivity index (χ1v) is 10.4. The fraction of sp³-hybridized carbons (Fsp3) is 0.381. The number of piperazine rings is 1. The van der Waals surface area contributed by atoms with Crippen molar-refractivity contribution in [3.05, 3.63) is 45.7 Å². The highest BCUT2D eigenvalue weighted by molar-refractivity contribution is 6.39. The lowest BCUT2D eigenvalue weighted by molar-refractivity contribution is -0.134. The Balaban J connectivity index is 1.77. The number of methoxy groups -OCH3 is 1. The number of aromatic nitrogens is 1. The lowest BCUT2D eigenvalue weighted by Crippen LogP contribution is -2.48. The lowest BCUT2D eigenvalue weighted by Gasteiger charge is -2.32. The molecule has 2 amide bonds. The van der Waals surface area contributed by atoms with Crippen molar-refractivity contribution in [1.82, 2.24) is 14.8 Å². The predicted molar refractivity (Wildman–Crippen MR) is 120 cm³/mol.